The zero-order valence-corrected chi connectivity index (χ0v) is 18.0. The number of aromatic nitrogens is 2. The molecule has 0 spiro atoms. The Labute approximate surface area is 184 Å². The first-order chi connectivity index (χ1) is 15.3. The van der Waals surface area contributed by atoms with Crippen molar-refractivity contribution in [2.24, 2.45) is 5.92 Å². The first kappa shape index (κ1) is 21.3. The normalized spacial score (nSPS) is 18.4. The van der Waals surface area contributed by atoms with Crippen LogP contribution in [0.1, 0.15) is 47.7 Å². The number of halogens is 3. The van der Waals surface area contributed by atoms with Gasteiger partial charge in [0.05, 0.1) is 23.6 Å². The number of hydrogen-bond acceptors (Lipinski definition) is 5. The molecule has 0 amide bonds. The molecule has 2 aliphatic carbocycles. The first-order valence-electron chi connectivity index (χ1n) is 10.4. The highest BCUT2D eigenvalue weighted by Gasteiger charge is 2.35. The number of ether oxygens (including phenoxy) is 1. The number of aliphatic hydroxyl groups excluding tert-OH is 1. The third-order valence-electron chi connectivity index (χ3n) is 6.34. The summed E-state index contributed by atoms with van der Waals surface area (Å²) in [7, 11) is 1.28. The molecule has 2 heterocycles. The lowest BCUT2D eigenvalue weighted by Crippen LogP contribution is -2.31. The van der Waals surface area contributed by atoms with E-state index in [0.717, 1.165) is 16.9 Å². The van der Waals surface area contributed by atoms with Crippen LogP contribution in [-0.4, -0.2) is 28.4 Å². The molecule has 2 N–H and O–H groups in total. The average molecular weight is 466 g/mol. The maximum absolute atomic E-state index is 15.7. The molecule has 3 aromatic rings. The number of benzene rings is 1. The zero-order valence-electron chi connectivity index (χ0n) is 17.2. The summed E-state index contributed by atoms with van der Waals surface area (Å²) < 4.78 is 50.6. The van der Waals surface area contributed by atoms with Gasteiger partial charge in [-0.1, -0.05) is 0 Å². The molecule has 6 nitrogen and oxygen atoms in total. The minimum atomic E-state index is -3.26. The van der Waals surface area contributed by atoms with Gasteiger partial charge < -0.3 is 9.84 Å². The molecular formula is C22H21F3N2O4S. The summed E-state index contributed by atoms with van der Waals surface area (Å²) >= 11 is 1.29. The van der Waals surface area contributed by atoms with Gasteiger partial charge in [0.15, 0.2) is 5.75 Å². The first-order valence-corrected chi connectivity index (χ1v) is 11.3. The molecule has 1 unspecified atom stereocenters. The highest BCUT2D eigenvalue weighted by molar-refractivity contribution is 7.15. The van der Waals surface area contributed by atoms with Crippen molar-refractivity contribution >= 4 is 22.2 Å². The number of H-pyrrole nitrogens is 1. The summed E-state index contributed by atoms with van der Waals surface area (Å²) in [6.07, 6.45) is 0.153. The van der Waals surface area contributed by atoms with E-state index < -0.39 is 34.4 Å². The maximum Gasteiger partial charge on any atom is 0.329 e. The van der Waals surface area contributed by atoms with E-state index >= 15 is 4.39 Å². The monoisotopic (exact) mass is 466 g/mol. The molecule has 0 aliphatic heterocycles. The van der Waals surface area contributed by atoms with Crippen LogP contribution in [0.5, 0.6) is 5.75 Å². The summed E-state index contributed by atoms with van der Waals surface area (Å²) in [6.45, 7) is 0.0459. The standard InChI is InChI=1S/C22H21F3N2O4S/c1-31-19-14(13-7-10-6-9(8-28)2-5-12(10)32-13)17(23)15(20(24)25)16-18(19)27(11-3-4-11)22(30)26-21(16)29/h7,9,11,20,28H,2-6,8H2,1H3,(H,26,29,30). The summed E-state index contributed by atoms with van der Waals surface area (Å²) in [5.74, 6) is -1.20. The number of alkyl halides is 2. The molecule has 0 radical (unpaired) electrons. The lowest BCUT2D eigenvalue weighted by Gasteiger charge is -2.19. The second-order valence-electron chi connectivity index (χ2n) is 8.37. The molecule has 1 atom stereocenters. The van der Waals surface area contributed by atoms with Crippen molar-refractivity contribution in [1.29, 1.82) is 0 Å². The minimum Gasteiger partial charge on any atom is -0.494 e. The second kappa shape index (κ2) is 7.77. The van der Waals surface area contributed by atoms with E-state index in [9.17, 15) is 23.5 Å². The third-order valence-corrected chi connectivity index (χ3v) is 7.59. The fourth-order valence-corrected chi connectivity index (χ4v) is 5.91. The largest absolute Gasteiger partial charge is 0.494 e. The molecule has 0 bridgehead atoms. The number of nitrogens with zero attached hydrogens (tertiary/aromatic N) is 1. The predicted molar refractivity (Wildman–Crippen MR) is 114 cm³/mol. The van der Waals surface area contributed by atoms with Gasteiger partial charge in [0.1, 0.15) is 11.3 Å². The Morgan fingerprint density at radius 1 is 1.31 bits per heavy atom. The third kappa shape index (κ3) is 3.19. The highest BCUT2D eigenvalue weighted by Crippen LogP contribution is 2.48. The van der Waals surface area contributed by atoms with E-state index in [-0.39, 0.29) is 35.4 Å². The van der Waals surface area contributed by atoms with Crippen LogP contribution in [0.15, 0.2) is 15.7 Å². The highest BCUT2D eigenvalue weighted by atomic mass is 32.1. The Kier molecular flexibility index (Phi) is 5.16. The van der Waals surface area contributed by atoms with Crippen molar-refractivity contribution < 1.29 is 23.0 Å². The number of aliphatic hydroxyl groups is 1. The van der Waals surface area contributed by atoms with Gasteiger partial charge in [0, 0.05) is 22.4 Å². The van der Waals surface area contributed by atoms with Crippen molar-refractivity contribution in [3.8, 4) is 16.2 Å². The molecule has 1 saturated carbocycles. The number of aryl methyl sites for hydroxylation is 1. The summed E-state index contributed by atoms with van der Waals surface area (Å²) in [6, 6.07) is 1.48. The number of nitrogens with one attached hydrogen (secondary N) is 1. The maximum atomic E-state index is 15.7. The van der Waals surface area contributed by atoms with Gasteiger partial charge in [-0.15, -0.1) is 11.3 Å². The van der Waals surface area contributed by atoms with Gasteiger partial charge in [-0.3, -0.25) is 14.3 Å². The number of aromatic amines is 1. The van der Waals surface area contributed by atoms with E-state index in [2.05, 4.69) is 4.98 Å². The van der Waals surface area contributed by atoms with Crippen LogP contribution in [0, 0.1) is 11.7 Å². The Bertz CT molecular complexity index is 1340. The summed E-state index contributed by atoms with van der Waals surface area (Å²) in [5, 5.41) is 8.95. The molecule has 10 heteroatoms. The number of hydrogen-bond donors (Lipinski definition) is 2. The lowest BCUT2D eigenvalue weighted by molar-refractivity contribution is 0.148. The molecule has 1 aromatic carbocycles. The Morgan fingerprint density at radius 3 is 2.69 bits per heavy atom. The lowest BCUT2D eigenvalue weighted by atomic mass is 9.89. The smallest absolute Gasteiger partial charge is 0.329 e. The molecular weight excluding hydrogens is 445 g/mol. The molecule has 1 fully saturated rings. The van der Waals surface area contributed by atoms with Gasteiger partial charge in [0.25, 0.3) is 12.0 Å². The van der Waals surface area contributed by atoms with Crippen molar-refractivity contribution in [3.05, 3.63) is 48.7 Å². The van der Waals surface area contributed by atoms with Crippen LogP contribution in [0.25, 0.3) is 21.3 Å². The number of thiophene rings is 1. The molecule has 2 aromatic heterocycles. The number of methoxy groups -OCH3 is 1. The van der Waals surface area contributed by atoms with Crippen LogP contribution < -0.4 is 16.0 Å². The predicted octanol–water partition coefficient (Wildman–Crippen LogP) is 3.94. The van der Waals surface area contributed by atoms with E-state index in [1.807, 2.05) is 0 Å². The minimum absolute atomic E-state index is 0.0459. The Balaban J connectivity index is 1.88. The van der Waals surface area contributed by atoms with E-state index in [1.54, 1.807) is 6.07 Å². The van der Waals surface area contributed by atoms with Crippen LogP contribution in [0.4, 0.5) is 13.2 Å². The Morgan fingerprint density at radius 2 is 2.06 bits per heavy atom. The second-order valence-corrected chi connectivity index (χ2v) is 9.51. The van der Waals surface area contributed by atoms with Gasteiger partial charge >= 0.3 is 5.69 Å². The van der Waals surface area contributed by atoms with Gasteiger partial charge in [-0.25, -0.2) is 18.0 Å². The van der Waals surface area contributed by atoms with E-state index in [4.69, 9.17) is 4.74 Å². The summed E-state index contributed by atoms with van der Waals surface area (Å²) in [5.41, 5.74) is -2.11. The van der Waals surface area contributed by atoms with Crippen LogP contribution >= 0.6 is 11.3 Å². The fraction of sp³-hybridized carbons (Fsp3) is 0.455. The number of fused-ring (bicyclic) bond motifs is 2. The molecule has 2 aliphatic rings. The van der Waals surface area contributed by atoms with Crippen LogP contribution in [0.3, 0.4) is 0 Å². The van der Waals surface area contributed by atoms with Crippen molar-refractivity contribution in [1.82, 2.24) is 9.55 Å². The molecule has 32 heavy (non-hydrogen) atoms. The molecule has 0 saturated heterocycles. The fourth-order valence-electron chi connectivity index (χ4n) is 4.67. The van der Waals surface area contributed by atoms with Crippen LogP contribution in [-0.2, 0) is 12.8 Å². The molecule has 5 rings (SSSR count). The van der Waals surface area contributed by atoms with Crippen molar-refractivity contribution in [2.45, 2.75) is 44.6 Å². The topological polar surface area (TPSA) is 84.3 Å². The molecule has 170 valence electrons. The summed E-state index contributed by atoms with van der Waals surface area (Å²) in [4.78, 5) is 28.6. The van der Waals surface area contributed by atoms with Crippen molar-refractivity contribution in [2.75, 3.05) is 13.7 Å². The van der Waals surface area contributed by atoms with Crippen LogP contribution in [0.2, 0.25) is 0 Å². The van der Waals surface area contributed by atoms with Gasteiger partial charge in [-0.2, -0.15) is 0 Å². The van der Waals surface area contributed by atoms with Gasteiger partial charge in [0.2, 0.25) is 0 Å². The Hall–Kier alpha value is -2.59. The number of rotatable bonds is 5. The average Bonchev–Trinajstić information content (AvgIpc) is 3.50. The van der Waals surface area contributed by atoms with E-state index in [1.165, 1.54) is 23.0 Å². The SMILES string of the molecule is COc1c(-c2cc3c(s2)CCC(CO)C3)c(F)c(C(F)F)c2c(=O)[nH]c(=O)n(C3CC3)c12. The quantitative estimate of drug-likeness (QED) is 0.597. The van der Waals surface area contributed by atoms with Gasteiger partial charge in [-0.05, 0) is 49.7 Å². The van der Waals surface area contributed by atoms with E-state index in [0.29, 0.717) is 30.6 Å². The zero-order chi connectivity index (χ0) is 22.7. The van der Waals surface area contributed by atoms with Crippen molar-refractivity contribution in [3.63, 3.8) is 0 Å².